The maximum atomic E-state index is 11.4. The van der Waals surface area contributed by atoms with Crippen LogP contribution in [0, 0.1) is 17.2 Å². The normalized spacial score (nSPS) is 20.2. The molecule has 3 aromatic rings. The smallest absolute Gasteiger partial charge is 0.306 e. The van der Waals surface area contributed by atoms with Gasteiger partial charge in [-0.05, 0) is 85.4 Å². The van der Waals surface area contributed by atoms with E-state index in [2.05, 4.69) is 40.2 Å². The summed E-state index contributed by atoms with van der Waals surface area (Å²) in [5, 5.41) is 29.3. The lowest BCUT2D eigenvalue weighted by Gasteiger charge is -2.37. The minimum Gasteiger partial charge on any atom is -0.493 e. The number of hydrogen-bond donors (Lipinski definition) is 2. The highest BCUT2D eigenvalue weighted by Gasteiger charge is 2.48. The van der Waals surface area contributed by atoms with Gasteiger partial charge in [-0.25, -0.2) is 4.98 Å². The second kappa shape index (κ2) is 10.6. The molecule has 3 aliphatic rings. The van der Waals surface area contributed by atoms with E-state index in [0.717, 1.165) is 59.5 Å². The van der Waals surface area contributed by atoms with Crippen molar-refractivity contribution in [3.05, 3.63) is 76.5 Å². The fourth-order valence-corrected chi connectivity index (χ4v) is 6.50. The molecule has 7 heteroatoms. The number of ether oxygens (including phenoxy) is 1. The molecule has 0 amide bonds. The van der Waals surface area contributed by atoms with Gasteiger partial charge in [-0.2, -0.15) is 5.26 Å². The van der Waals surface area contributed by atoms with Crippen LogP contribution in [0.25, 0.3) is 11.1 Å². The number of piperidine rings is 1. The van der Waals surface area contributed by atoms with E-state index < -0.39 is 11.9 Å². The topological polar surface area (TPSA) is 107 Å². The van der Waals surface area contributed by atoms with Crippen molar-refractivity contribution in [1.29, 1.82) is 5.26 Å². The van der Waals surface area contributed by atoms with Crippen LogP contribution in [0.2, 0.25) is 0 Å². The maximum Gasteiger partial charge on any atom is 0.306 e. The van der Waals surface area contributed by atoms with Crippen LogP contribution in [-0.4, -0.2) is 38.1 Å². The Balaban J connectivity index is 1.33. The molecule has 3 heterocycles. The predicted octanol–water partition coefficient (Wildman–Crippen LogP) is 6.17. The van der Waals surface area contributed by atoms with Crippen LogP contribution >= 0.6 is 0 Å². The molecule has 2 fully saturated rings. The molecule has 1 aromatic heterocycles. The van der Waals surface area contributed by atoms with Gasteiger partial charge in [0.25, 0.3) is 0 Å². The van der Waals surface area contributed by atoms with Gasteiger partial charge in [0.2, 0.25) is 5.88 Å². The minimum atomic E-state index is -0.798. The average molecular weight is 538 g/mol. The number of fused-ring (bicyclic) bond motifs is 1. The van der Waals surface area contributed by atoms with Gasteiger partial charge in [0.1, 0.15) is 17.9 Å². The standard InChI is InChI=1S/C33H35N3O4/c1-21(32(38)39)14-22-4-5-23-7-9-29(40-30(23)15-22)24-6-8-27(28-17-31(37)35-19-26(28)18-34)25(16-24)20-36-13-3-2-10-33(36)11-12-33/h4-6,8,15-17,19,21,29H,2-3,7,9-14,20H2,1H3,(H,35,37)(H,38,39)/t21?,29-/m0/s1. The summed E-state index contributed by atoms with van der Waals surface area (Å²) in [5.41, 5.74) is 6.73. The molecule has 1 spiro atoms. The number of likely N-dealkylation sites (tertiary alicyclic amines) is 1. The monoisotopic (exact) mass is 537 g/mol. The molecule has 7 nitrogen and oxygen atoms in total. The number of rotatable bonds is 7. The number of aryl methyl sites for hydroxylation is 1. The molecular weight excluding hydrogens is 502 g/mol. The second-order valence-corrected chi connectivity index (χ2v) is 11.8. The Labute approximate surface area is 235 Å². The molecule has 2 atom stereocenters. The van der Waals surface area contributed by atoms with Crippen molar-refractivity contribution in [2.45, 2.75) is 76.5 Å². The fraction of sp³-hybridized carbons (Fsp3) is 0.424. The van der Waals surface area contributed by atoms with E-state index in [4.69, 9.17) is 4.74 Å². The molecule has 2 aliphatic heterocycles. The van der Waals surface area contributed by atoms with E-state index in [1.54, 1.807) is 13.0 Å². The van der Waals surface area contributed by atoms with E-state index in [1.807, 2.05) is 12.1 Å². The van der Waals surface area contributed by atoms with Gasteiger partial charge in [-0.3, -0.25) is 9.69 Å². The first-order valence-electron chi connectivity index (χ1n) is 14.3. The number of aromatic hydroxyl groups is 1. The molecule has 206 valence electrons. The second-order valence-electron chi connectivity index (χ2n) is 11.8. The first kappa shape index (κ1) is 26.3. The number of carboxylic acids is 1. The van der Waals surface area contributed by atoms with Crippen LogP contribution < -0.4 is 4.74 Å². The summed E-state index contributed by atoms with van der Waals surface area (Å²) in [6.45, 7) is 3.59. The molecule has 1 saturated heterocycles. The molecule has 2 N–H and O–H groups in total. The van der Waals surface area contributed by atoms with Crippen LogP contribution in [0.4, 0.5) is 0 Å². The largest absolute Gasteiger partial charge is 0.493 e. The molecule has 1 unspecified atom stereocenters. The van der Waals surface area contributed by atoms with E-state index in [-0.39, 0.29) is 12.0 Å². The van der Waals surface area contributed by atoms with Crippen molar-refractivity contribution in [1.82, 2.24) is 9.88 Å². The van der Waals surface area contributed by atoms with Gasteiger partial charge in [0, 0.05) is 29.9 Å². The van der Waals surface area contributed by atoms with E-state index in [9.17, 15) is 20.3 Å². The van der Waals surface area contributed by atoms with Gasteiger partial charge in [-0.15, -0.1) is 0 Å². The Morgan fingerprint density at radius 3 is 2.80 bits per heavy atom. The van der Waals surface area contributed by atoms with Crippen LogP contribution in [-0.2, 0) is 24.2 Å². The highest BCUT2D eigenvalue weighted by molar-refractivity contribution is 5.74. The molecule has 0 radical (unpaired) electrons. The van der Waals surface area contributed by atoms with Crippen molar-refractivity contribution in [2.24, 2.45) is 5.92 Å². The van der Waals surface area contributed by atoms with Crippen molar-refractivity contribution in [3.8, 4) is 28.8 Å². The van der Waals surface area contributed by atoms with Gasteiger partial charge >= 0.3 is 5.97 Å². The quantitative estimate of drug-likeness (QED) is 0.371. The Hall–Kier alpha value is -3.89. The van der Waals surface area contributed by atoms with Gasteiger partial charge in [-0.1, -0.05) is 43.7 Å². The average Bonchev–Trinajstić information content (AvgIpc) is 3.73. The summed E-state index contributed by atoms with van der Waals surface area (Å²) in [6.07, 6.45) is 9.73. The number of hydrogen-bond acceptors (Lipinski definition) is 6. The molecule has 0 bridgehead atoms. The van der Waals surface area contributed by atoms with Crippen LogP contribution in [0.3, 0.4) is 0 Å². The van der Waals surface area contributed by atoms with Crippen LogP contribution in [0.1, 0.15) is 79.4 Å². The maximum absolute atomic E-state index is 11.4. The third-order valence-electron chi connectivity index (χ3n) is 9.02. The fourth-order valence-electron chi connectivity index (χ4n) is 6.50. The zero-order chi connectivity index (χ0) is 27.9. The van der Waals surface area contributed by atoms with Crippen LogP contribution in [0.5, 0.6) is 11.6 Å². The minimum absolute atomic E-state index is 0.0964. The summed E-state index contributed by atoms with van der Waals surface area (Å²) in [7, 11) is 0. The zero-order valence-corrected chi connectivity index (χ0v) is 22.9. The molecule has 40 heavy (non-hydrogen) atoms. The lowest BCUT2D eigenvalue weighted by molar-refractivity contribution is -0.141. The predicted molar refractivity (Wildman–Crippen MR) is 151 cm³/mol. The van der Waals surface area contributed by atoms with E-state index >= 15 is 0 Å². The third kappa shape index (κ3) is 5.16. The Morgan fingerprint density at radius 2 is 2.02 bits per heavy atom. The van der Waals surface area contributed by atoms with E-state index in [0.29, 0.717) is 23.1 Å². The zero-order valence-electron chi connectivity index (χ0n) is 22.9. The molecule has 1 saturated carbocycles. The molecule has 2 aromatic carbocycles. The summed E-state index contributed by atoms with van der Waals surface area (Å²) >= 11 is 0. The molecular formula is C33H35N3O4. The first-order valence-corrected chi connectivity index (χ1v) is 14.3. The Kier molecular flexibility index (Phi) is 6.97. The number of benzene rings is 2. The summed E-state index contributed by atoms with van der Waals surface area (Å²) in [4.78, 5) is 17.9. The van der Waals surface area contributed by atoms with Crippen LogP contribution in [0.15, 0.2) is 48.7 Å². The van der Waals surface area contributed by atoms with Crippen molar-refractivity contribution in [2.75, 3.05) is 6.54 Å². The first-order chi connectivity index (χ1) is 19.3. The van der Waals surface area contributed by atoms with E-state index in [1.165, 1.54) is 38.3 Å². The Bertz CT molecular complexity index is 1490. The van der Waals surface area contributed by atoms with Gasteiger partial charge < -0.3 is 14.9 Å². The highest BCUT2D eigenvalue weighted by Crippen LogP contribution is 2.49. The molecule has 1 aliphatic carbocycles. The van der Waals surface area contributed by atoms with Crippen molar-refractivity contribution in [3.63, 3.8) is 0 Å². The number of nitrogens with zero attached hydrogens (tertiary/aromatic N) is 3. The summed E-state index contributed by atoms with van der Waals surface area (Å²) in [6, 6.07) is 16.3. The highest BCUT2D eigenvalue weighted by atomic mass is 16.5. The number of carboxylic acid groups (broad SMARTS) is 1. The van der Waals surface area contributed by atoms with Gasteiger partial charge in [0.05, 0.1) is 11.5 Å². The lowest BCUT2D eigenvalue weighted by Crippen LogP contribution is -2.40. The number of carbonyl (C=O) groups is 1. The van der Waals surface area contributed by atoms with Crippen molar-refractivity contribution >= 4 is 5.97 Å². The molecule has 6 rings (SSSR count). The third-order valence-corrected chi connectivity index (χ3v) is 9.02. The number of nitriles is 1. The number of pyridine rings is 1. The Morgan fingerprint density at radius 1 is 1.18 bits per heavy atom. The van der Waals surface area contributed by atoms with Gasteiger partial charge in [0.15, 0.2) is 0 Å². The van der Waals surface area contributed by atoms with Crippen molar-refractivity contribution < 1.29 is 19.7 Å². The number of aliphatic carboxylic acids is 1. The summed E-state index contributed by atoms with van der Waals surface area (Å²) in [5.74, 6) is -0.521. The lowest BCUT2D eigenvalue weighted by atomic mass is 9.90. The SMILES string of the molecule is CC(Cc1ccc2c(c1)O[C@H](c1ccc(-c3cc(O)ncc3C#N)c(CN3CCCCC34CC4)c1)CC2)C(=O)O. The summed E-state index contributed by atoms with van der Waals surface area (Å²) < 4.78 is 6.55. The number of aromatic nitrogens is 1.